The number of benzene rings is 6. The molecule has 238 valence electrons. The maximum atomic E-state index is 14.0. The predicted octanol–water partition coefficient (Wildman–Crippen LogP) is 11.9. The quantitative estimate of drug-likeness (QED) is 0.188. The summed E-state index contributed by atoms with van der Waals surface area (Å²) in [6.07, 6.45) is 0. The van der Waals surface area contributed by atoms with E-state index in [9.17, 15) is 9.59 Å². The summed E-state index contributed by atoms with van der Waals surface area (Å²) in [5.74, 6) is 0. The van der Waals surface area contributed by atoms with Crippen molar-refractivity contribution in [3.63, 3.8) is 0 Å². The summed E-state index contributed by atoms with van der Waals surface area (Å²) in [7, 11) is 0. The fourth-order valence-electron chi connectivity index (χ4n) is 9.70. The molecular formula is C48H34O2. The summed E-state index contributed by atoms with van der Waals surface area (Å²) in [6, 6.07) is 34.0. The van der Waals surface area contributed by atoms with E-state index in [-0.39, 0.29) is 10.9 Å². The Labute approximate surface area is 289 Å². The zero-order valence-electron chi connectivity index (χ0n) is 29.1. The zero-order valence-corrected chi connectivity index (χ0v) is 29.1. The number of rotatable bonds is 2. The van der Waals surface area contributed by atoms with E-state index in [0.717, 1.165) is 75.8 Å². The van der Waals surface area contributed by atoms with Crippen molar-refractivity contribution >= 4 is 64.6 Å². The second kappa shape index (κ2) is 9.86. The molecule has 0 radical (unpaired) electrons. The third kappa shape index (κ3) is 3.63. The molecule has 8 aromatic carbocycles. The Kier molecular flexibility index (Phi) is 5.74. The Hall–Kier alpha value is -5.86. The van der Waals surface area contributed by atoms with Crippen LogP contribution in [0.4, 0.5) is 0 Å². The van der Waals surface area contributed by atoms with Crippen LogP contribution in [0.25, 0.3) is 98.0 Å². The molecule has 0 aromatic heterocycles. The summed E-state index contributed by atoms with van der Waals surface area (Å²) in [4.78, 5) is 28.0. The van der Waals surface area contributed by atoms with Gasteiger partial charge in [-0.25, -0.2) is 0 Å². The summed E-state index contributed by atoms with van der Waals surface area (Å²) >= 11 is 0. The molecule has 10 rings (SSSR count). The van der Waals surface area contributed by atoms with Gasteiger partial charge in [0.2, 0.25) is 0 Å². The fourth-order valence-corrected chi connectivity index (χ4v) is 9.70. The molecule has 0 N–H and O–H groups in total. The zero-order chi connectivity index (χ0) is 34.3. The lowest BCUT2D eigenvalue weighted by Crippen LogP contribution is -1.94. The van der Waals surface area contributed by atoms with E-state index in [1.807, 2.05) is 36.4 Å². The van der Waals surface area contributed by atoms with E-state index < -0.39 is 0 Å². The monoisotopic (exact) mass is 642 g/mol. The van der Waals surface area contributed by atoms with Gasteiger partial charge in [-0.15, -0.1) is 0 Å². The second-order valence-electron chi connectivity index (χ2n) is 14.7. The minimum atomic E-state index is 0.0811. The van der Waals surface area contributed by atoms with Gasteiger partial charge in [-0.3, -0.25) is 9.59 Å². The number of aryl methyl sites for hydroxylation is 6. The van der Waals surface area contributed by atoms with Gasteiger partial charge in [0.1, 0.15) is 0 Å². The minimum absolute atomic E-state index is 0.0811. The van der Waals surface area contributed by atoms with Crippen molar-refractivity contribution in [2.45, 2.75) is 41.5 Å². The van der Waals surface area contributed by atoms with Crippen LogP contribution in [0.5, 0.6) is 0 Å². The maximum Gasteiger partial charge on any atom is 0.194 e. The molecule has 0 heterocycles. The SMILES string of the molecule is Cc1cc(C)c(-c2c3c4cc5c(=O)c6ccccc6c5cc4c(-c4c(C)cc(C)cc4C)c-3c3cc4c(=O)c5ccccc5c4cc23)c(C)c1. The van der Waals surface area contributed by atoms with Gasteiger partial charge in [0.25, 0.3) is 0 Å². The smallest absolute Gasteiger partial charge is 0.194 e. The molecule has 0 aliphatic heterocycles. The largest absolute Gasteiger partial charge is 0.289 e. The third-order valence-corrected chi connectivity index (χ3v) is 11.4. The molecular weight excluding hydrogens is 609 g/mol. The second-order valence-corrected chi connectivity index (χ2v) is 14.7. The van der Waals surface area contributed by atoms with Gasteiger partial charge in [-0.1, -0.05) is 83.9 Å². The van der Waals surface area contributed by atoms with Crippen LogP contribution < -0.4 is 10.9 Å². The van der Waals surface area contributed by atoms with Crippen LogP contribution in [0.3, 0.4) is 0 Å². The average molecular weight is 643 g/mol. The molecule has 50 heavy (non-hydrogen) atoms. The lowest BCUT2D eigenvalue weighted by atomic mass is 9.90. The standard InChI is InChI=1S/C48H34O2/c1-23-15-25(3)41(26(4)16-23)43-35-19-33-29-11-7-9-13-31(29)47(49)39(33)21-37(35)46-44(42-27(5)17-24(2)18-28(42)6)36-20-34-30-12-8-10-14-32(30)48(50)40(34)22-38(36)45(43)46/h7-22H,1-6H3. The summed E-state index contributed by atoms with van der Waals surface area (Å²) in [5.41, 5.74) is 14.6. The first-order valence-electron chi connectivity index (χ1n) is 17.4. The molecule has 0 saturated heterocycles. The predicted molar refractivity (Wildman–Crippen MR) is 213 cm³/mol. The normalized spacial score (nSPS) is 12.4. The van der Waals surface area contributed by atoms with Crippen molar-refractivity contribution in [3.05, 3.63) is 151 Å². The maximum absolute atomic E-state index is 14.0. The molecule has 0 saturated carbocycles. The number of hydrogen-bond acceptors (Lipinski definition) is 2. The molecule has 0 unspecified atom stereocenters. The molecule has 0 atom stereocenters. The first-order chi connectivity index (χ1) is 24.1. The summed E-state index contributed by atoms with van der Waals surface area (Å²) in [6.45, 7) is 13.2. The van der Waals surface area contributed by atoms with E-state index in [0.29, 0.717) is 0 Å². The fraction of sp³-hybridized carbons (Fsp3) is 0.125. The van der Waals surface area contributed by atoms with Crippen molar-refractivity contribution in [2.75, 3.05) is 0 Å². The highest BCUT2D eigenvalue weighted by Crippen LogP contribution is 2.58. The first kappa shape index (κ1) is 29.1. The van der Waals surface area contributed by atoms with Gasteiger partial charge in [-0.2, -0.15) is 0 Å². The van der Waals surface area contributed by atoms with Crippen LogP contribution >= 0.6 is 0 Å². The molecule has 2 heteroatoms. The Bertz CT molecular complexity index is 2920. The van der Waals surface area contributed by atoms with Crippen LogP contribution in [-0.2, 0) is 0 Å². The summed E-state index contributed by atoms with van der Waals surface area (Å²) in [5, 5.41) is 11.5. The molecule has 2 aliphatic rings. The Morgan fingerprint density at radius 1 is 0.280 bits per heavy atom. The van der Waals surface area contributed by atoms with Crippen LogP contribution in [-0.4, -0.2) is 0 Å². The van der Waals surface area contributed by atoms with Gasteiger partial charge >= 0.3 is 0 Å². The molecule has 0 spiro atoms. The van der Waals surface area contributed by atoms with Crippen LogP contribution in [0.15, 0.2) is 107 Å². The van der Waals surface area contributed by atoms with Crippen LogP contribution in [0.2, 0.25) is 0 Å². The van der Waals surface area contributed by atoms with Crippen molar-refractivity contribution in [1.29, 1.82) is 0 Å². The highest BCUT2D eigenvalue weighted by molar-refractivity contribution is 6.34. The molecule has 2 nitrogen and oxygen atoms in total. The number of hydrogen-bond donors (Lipinski definition) is 0. The van der Waals surface area contributed by atoms with Crippen LogP contribution in [0, 0.1) is 41.5 Å². The van der Waals surface area contributed by atoms with Crippen molar-refractivity contribution in [1.82, 2.24) is 0 Å². The average Bonchev–Trinajstić information content (AvgIpc) is 3.75. The summed E-state index contributed by atoms with van der Waals surface area (Å²) < 4.78 is 0. The molecule has 0 bridgehead atoms. The van der Waals surface area contributed by atoms with E-state index >= 15 is 0 Å². The number of fused-ring (bicyclic) bond motifs is 11. The lowest BCUT2D eigenvalue weighted by molar-refractivity contribution is 1.32. The Morgan fingerprint density at radius 3 is 0.900 bits per heavy atom. The lowest BCUT2D eigenvalue weighted by Gasteiger charge is -2.14. The van der Waals surface area contributed by atoms with Gasteiger partial charge in [0.05, 0.1) is 0 Å². The van der Waals surface area contributed by atoms with E-state index in [1.54, 1.807) is 0 Å². The minimum Gasteiger partial charge on any atom is -0.289 e. The van der Waals surface area contributed by atoms with Crippen LogP contribution in [0.1, 0.15) is 33.4 Å². The van der Waals surface area contributed by atoms with Gasteiger partial charge in [-0.05, 0) is 165 Å². The highest BCUT2D eigenvalue weighted by Gasteiger charge is 2.32. The molecule has 2 aliphatic carbocycles. The van der Waals surface area contributed by atoms with Crippen molar-refractivity contribution < 1.29 is 0 Å². The van der Waals surface area contributed by atoms with Crippen molar-refractivity contribution in [3.8, 4) is 33.4 Å². The molecule has 8 aromatic rings. The third-order valence-electron chi connectivity index (χ3n) is 11.4. The topological polar surface area (TPSA) is 34.1 Å². The Balaban J connectivity index is 1.53. The van der Waals surface area contributed by atoms with E-state index in [4.69, 9.17) is 0 Å². The van der Waals surface area contributed by atoms with Gasteiger partial charge in [0.15, 0.2) is 10.9 Å². The Morgan fingerprint density at radius 2 is 0.560 bits per heavy atom. The molecule has 0 fully saturated rings. The molecule has 0 amide bonds. The van der Waals surface area contributed by atoms with E-state index in [2.05, 4.69) is 102 Å². The van der Waals surface area contributed by atoms with Gasteiger partial charge in [0, 0.05) is 21.5 Å². The van der Waals surface area contributed by atoms with Gasteiger partial charge < -0.3 is 0 Å². The highest BCUT2D eigenvalue weighted by atomic mass is 16.1. The first-order valence-corrected chi connectivity index (χ1v) is 17.4. The van der Waals surface area contributed by atoms with Crippen molar-refractivity contribution in [2.24, 2.45) is 0 Å². The van der Waals surface area contributed by atoms with E-state index in [1.165, 1.54) is 55.6 Å².